The monoisotopic (exact) mass is 246 g/mol. The summed E-state index contributed by atoms with van der Waals surface area (Å²) in [4.78, 5) is 0. The van der Waals surface area contributed by atoms with Crippen molar-refractivity contribution < 1.29 is 24.8 Å². The summed E-state index contributed by atoms with van der Waals surface area (Å²) in [6.45, 7) is 5.53. The van der Waals surface area contributed by atoms with Crippen molar-refractivity contribution in [2.45, 2.75) is 44.4 Å². The van der Waals surface area contributed by atoms with Gasteiger partial charge >= 0.3 is 0 Å². The first kappa shape index (κ1) is 14.6. The quantitative estimate of drug-likeness (QED) is 0.456. The van der Waals surface area contributed by atoms with Crippen LogP contribution in [0.15, 0.2) is 12.7 Å². The lowest BCUT2D eigenvalue weighted by atomic mass is 9.92. The first-order valence-electron chi connectivity index (χ1n) is 5.96. The van der Waals surface area contributed by atoms with Gasteiger partial charge in [0.15, 0.2) is 6.29 Å². The van der Waals surface area contributed by atoms with Crippen LogP contribution >= 0.6 is 0 Å². The molecular weight excluding hydrogens is 224 g/mol. The van der Waals surface area contributed by atoms with Crippen LogP contribution in [0, 0.1) is 5.92 Å². The highest BCUT2D eigenvalue weighted by Crippen LogP contribution is 2.26. The minimum absolute atomic E-state index is 0.323. The summed E-state index contributed by atoms with van der Waals surface area (Å²) in [7, 11) is 0. The lowest BCUT2D eigenvalue weighted by Crippen LogP contribution is -2.55. The third-order valence-corrected chi connectivity index (χ3v) is 3.02. The minimum atomic E-state index is -1.07. The van der Waals surface area contributed by atoms with E-state index in [-0.39, 0.29) is 12.5 Å². The molecule has 1 aliphatic rings. The van der Waals surface area contributed by atoms with Gasteiger partial charge in [-0.05, 0) is 12.8 Å². The molecule has 3 N–H and O–H groups in total. The van der Waals surface area contributed by atoms with Crippen molar-refractivity contribution in [3.8, 4) is 0 Å². The van der Waals surface area contributed by atoms with Gasteiger partial charge in [-0.15, -0.1) is 6.58 Å². The highest BCUT2D eigenvalue weighted by molar-refractivity contribution is 4.86. The summed E-state index contributed by atoms with van der Waals surface area (Å²) in [5.41, 5.74) is 0. The molecule has 100 valence electrons. The number of allylic oxidation sites excluding steroid dienone is 1. The van der Waals surface area contributed by atoms with Gasteiger partial charge in [0.05, 0.1) is 19.3 Å². The fraction of sp³-hybridized carbons (Fsp3) is 0.833. The molecule has 17 heavy (non-hydrogen) atoms. The summed E-state index contributed by atoms with van der Waals surface area (Å²) in [5, 5.41) is 28.4. The van der Waals surface area contributed by atoms with Crippen LogP contribution in [0.5, 0.6) is 0 Å². The number of aliphatic hydroxyl groups is 3. The molecule has 0 aromatic carbocycles. The molecule has 0 aromatic heterocycles. The van der Waals surface area contributed by atoms with Gasteiger partial charge in [0.1, 0.15) is 12.2 Å². The molecule has 0 bridgehead atoms. The van der Waals surface area contributed by atoms with Crippen LogP contribution in [0.3, 0.4) is 0 Å². The molecular formula is C12H22O5. The van der Waals surface area contributed by atoms with Crippen LogP contribution in [0.4, 0.5) is 0 Å². The Morgan fingerprint density at radius 2 is 2.06 bits per heavy atom. The Morgan fingerprint density at radius 3 is 2.65 bits per heavy atom. The zero-order valence-electron chi connectivity index (χ0n) is 10.2. The standard InChI is InChI=1S/C12H22O5/c1-3-4-5-6-16-12-8(2)10(14)11(15)9(7-13)17-12/h3,8-15H,1,4-7H2,2H3. The normalized spacial score (nSPS) is 38.0. The molecule has 5 heteroatoms. The lowest BCUT2D eigenvalue weighted by Gasteiger charge is -2.40. The van der Waals surface area contributed by atoms with E-state index < -0.39 is 24.6 Å². The van der Waals surface area contributed by atoms with E-state index >= 15 is 0 Å². The van der Waals surface area contributed by atoms with E-state index in [1.807, 2.05) is 6.08 Å². The Hall–Kier alpha value is -0.460. The summed E-state index contributed by atoms with van der Waals surface area (Å²) in [5.74, 6) is -0.323. The Bertz CT molecular complexity index is 231. The van der Waals surface area contributed by atoms with Gasteiger partial charge < -0.3 is 24.8 Å². The minimum Gasteiger partial charge on any atom is -0.394 e. The smallest absolute Gasteiger partial charge is 0.163 e. The van der Waals surface area contributed by atoms with Crippen molar-refractivity contribution in [2.24, 2.45) is 5.92 Å². The van der Waals surface area contributed by atoms with Crippen LogP contribution in [-0.4, -0.2) is 53.1 Å². The molecule has 0 aromatic rings. The van der Waals surface area contributed by atoms with Crippen molar-refractivity contribution in [1.82, 2.24) is 0 Å². The second-order valence-corrected chi connectivity index (χ2v) is 4.37. The number of ether oxygens (including phenoxy) is 2. The van der Waals surface area contributed by atoms with Crippen molar-refractivity contribution >= 4 is 0 Å². The van der Waals surface area contributed by atoms with Crippen LogP contribution in [0.1, 0.15) is 19.8 Å². The molecule has 5 nitrogen and oxygen atoms in total. The molecule has 5 atom stereocenters. The largest absolute Gasteiger partial charge is 0.394 e. The molecule has 0 saturated carbocycles. The van der Waals surface area contributed by atoms with E-state index in [0.717, 1.165) is 12.8 Å². The molecule has 1 heterocycles. The summed E-state index contributed by atoms with van der Waals surface area (Å²) < 4.78 is 10.9. The van der Waals surface area contributed by atoms with E-state index in [2.05, 4.69) is 6.58 Å². The van der Waals surface area contributed by atoms with Gasteiger partial charge in [-0.3, -0.25) is 0 Å². The first-order chi connectivity index (χ1) is 8.11. The first-order valence-corrected chi connectivity index (χ1v) is 5.96. The molecule has 0 spiro atoms. The van der Waals surface area contributed by atoms with Crippen molar-refractivity contribution in [3.05, 3.63) is 12.7 Å². The summed E-state index contributed by atoms with van der Waals surface area (Å²) in [6.07, 6.45) is 0.118. The fourth-order valence-electron chi connectivity index (χ4n) is 1.84. The Kier molecular flexibility index (Phi) is 6.08. The molecule has 0 aliphatic carbocycles. The predicted octanol–water partition coefficient (Wildman–Crippen LogP) is 0.0443. The number of unbranched alkanes of at least 4 members (excludes halogenated alkanes) is 1. The van der Waals surface area contributed by atoms with Crippen LogP contribution < -0.4 is 0 Å². The van der Waals surface area contributed by atoms with E-state index in [0.29, 0.717) is 6.61 Å². The van der Waals surface area contributed by atoms with Crippen molar-refractivity contribution in [1.29, 1.82) is 0 Å². The predicted molar refractivity (Wildman–Crippen MR) is 62.3 cm³/mol. The average Bonchev–Trinajstić information content (AvgIpc) is 2.34. The molecule has 1 rings (SSSR count). The molecule has 1 saturated heterocycles. The van der Waals surface area contributed by atoms with E-state index in [1.54, 1.807) is 6.92 Å². The van der Waals surface area contributed by atoms with Crippen molar-refractivity contribution in [3.63, 3.8) is 0 Å². The maximum atomic E-state index is 9.78. The summed E-state index contributed by atoms with van der Waals surface area (Å²) >= 11 is 0. The molecule has 1 aliphatic heterocycles. The Labute approximate surface area is 102 Å². The highest BCUT2D eigenvalue weighted by Gasteiger charge is 2.42. The molecule has 1 fully saturated rings. The number of hydrogen-bond donors (Lipinski definition) is 3. The molecule has 5 unspecified atom stereocenters. The van der Waals surface area contributed by atoms with Gasteiger partial charge in [-0.25, -0.2) is 0 Å². The maximum Gasteiger partial charge on any atom is 0.163 e. The zero-order valence-corrected chi connectivity index (χ0v) is 10.2. The second kappa shape index (κ2) is 7.08. The van der Waals surface area contributed by atoms with Crippen LogP contribution in [0.2, 0.25) is 0 Å². The number of rotatable bonds is 6. The Morgan fingerprint density at radius 1 is 1.35 bits per heavy atom. The third-order valence-electron chi connectivity index (χ3n) is 3.02. The molecule has 0 radical (unpaired) electrons. The summed E-state index contributed by atoms with van der Waals surface area (Å²) in [6, 6.07) is 0. The van der Waals surface area contributed by atoms with Gasteiger partial charge in [0.2, 0.25) is 0 Å². The number of hydrogen-bond acceptors (Lipinski definition) is 5. The molecule has 0 amide bonds. The maximum absolute atomic E-state index is 9.78. The van der Waals surface area contributed by atoms with E-state index in [1.165, 1.54) is 0 Å². The highest BCUT2D eigenvalue weighted by atomic mass is 16.7. The second-order valence-electron chi connectivity index (χ2n) is 4.37. The lowest BCUT2D eigenvalue weighted by molar-refractivity contribution is -0.282. The fourth-order valence-corrected chi connectivity index (χ4v) is 1.84. The van der Waals surface area contributed by atoms with E-state index in [9.17, 15) is 10.2 Å². The topological polar surface area (TPSA) is 79.2 Å². The van der Waals surface area contributed by atoms with Gasteiger partial charge in [-0.2, -0.15) is 0 Å². The average molecular weight is 246 g/mol. The zero-order chi connectivity index (χ0) is 12.8. The van der Waals surface area contributed by atoms with Gasteiger partial charge in [0, 0.05) is 5.92 Å². The third kappa shape index (κ3) is 3.76. The van der Waals surface area contributed by atoms with Crippen LogP contribution in [0.25, 0.3) is 0 Å². The van der Waals surface area contributed by atoms with Gasteiger partial charge in [-0.1, -0.05) is 13.0 Å². The number of aliphatic hydroxyl groups excluding tert-OH is 3. The Balaban J connectivity index is 2.44. The van der Waals surface area contributed by atoms with Crippen LogP contribution in [-0.2, 0) is 9.47 Å². The van der Waals surface area contributed by atoms with E-state index in [4.69, 9.17) is 14.6 Å². The van der Waals surface area contributed by atoms with Crippen molar-refractivity contribution in [2.75, 3.05) is 13.2 Å². The SMILES string of the molecule is C=CCCCOC1OC(CO)C(O)C(O)C1C. The van der Waals surface area contributed by atoms with Gasteiger partial charge in [0.25, 0.3) is 0 Å².